The highest BCUT2D eigenvalue weighted by Crippen LogP contribution is 2.33. The highest BCUT2D eigenvalue weighted by molar-refractivity contribution is 5.53. The van der Waals surface area contributed by atoms with E-state index in [0.29, 0.717) is 25.1 Å². The van der Waals surface area contributed by atoms with Crippen LogP contribution < -0.4 is 19.7 Å². The van der Waals surface area contributed by atoms with Gasteiger partial charge in [-0.3, -0.25) is 4.90 Å². The second-order valence-electron chi connectivity index (χ2n) is 9.72. The number of likely N-dealkylation sites (N-methyl/N-ethyl adjacent to an activating group) is 1. The molecule has 0 radical (unpaired) electrons. The molecule has 3 aliphatic rings. The summed E-state index contributed by atoms with van der Waals surface area (Å²) in [6, 6.07) is 11.6. The number of nitrogens with zero attached hydrogens (tertiary/aromatic N) is 6. The summed E-state index contributed by atoms with van der Waals surface area (Å²) < 4.78 is 11.3. The van der Waals surface area contributed by atoms with Crippen LogP contribution in [0.1, 0.15) is 29.7 Å². The zero-order chi connectivity index (χ0) is 24.2. The van der Waals surface area contributed by atoms with Crippen molar-refractivity contribution in [1.29, 1.82) is 5.26 Å². The molecule has 0 aliphatic carbocycles. The van der Waals surface area contributed by atoms with Crippen LogP contribution in [0, 0.1) is 11.3 Å². The Morgan fingerprint density at radius 2 is 2.06 bits per heavy atom. The first-order chi connectivity index (χ1) is 17.1. The summed E-state index contributed by atoms with van der Waals surface area (Å²) in [5.41, 5.74) is 3.50. The number of methoxy groups -OCH3 is 1. The van der Waals surface area contributed by atoms with E-state index in [-0.39, 0.29) is 6.04 Å². The Labute approximate surface area is 207 Å². The number of hydrogen-bond donors (Lipinski definition) is 1. The maximum Gasteiger partial charge on any atom is 0.318 e. The number of piperazine rings is 1. The van der Waals surface area contributed by atoms with E-state index in [9.17, 15) is 5.26 Å². The van der Waals surface area contributed by atoms with Gasteiger partial charge in [0.2, 0.25) is 0 Å². The highest BCUT2D eigenvalue weighted by Gasteiger charge is 2.37. The molecule has 5 rings (SSSR count). The fourth-order valence-corrected chi connectivity index (χ4v) is 5.37. The molecule has 1 aromatic carbocycles. The Balaban J connectivity index is 1.48. The van der Waals surface area contributed by atoms with Crippen LogP contribution in [0.2, 0.25) is 0 Å². The Morgan fingerprint density at radius 1 is 1.20 bits per heavy atom. The second-order valence-corrected chi connectivity index (χ2v) is 9.72. The quantitative estimate of drug-likeness (QED) is 0.708. The van der Waals surface area contributed by atoms with Crippen molar-refractivity contribution in [1.82, 2.24) is 25.1 Å². The molecule has 2 aromatic rings. The van der Waals surface area contributed by atoms with E-state index in [4.69, 9.17) is 19.4 Å². The van der Waals surface area contributed by atoms with Crippen molar-refractivity contribution in [3.8, 4) is 17.8 Å². The predicted molar refractivity (Wildman–Crippen MR) is 134 cm³/mol. The van der Waals surface area contributed by atoms with Crippen molar-refractivity contribution in [3.05, 3.63) is 41.1 Å². The number of nitriles is 1. The number of rotatable bonds is 4. The van der Waals surface area contributed by atoms with E-state index in [1.807, 2.05) is 12.1 Å². The minimum absolute atomic E-state index is 0.123. The van der Waals surface area contributed by atoms with E-state index >= 15 is 0 Å². The number of ether oxygens (including phenoxy) is 2. The molecular formula is C26H35N7O2. The van der Waals surface area contributed by atoms with Gasteiger partial charge in [0.25, 0.3) is 0 Å². The van der Waals surface area contributed by atoms with Crippen LogP contribution in [0.25, 0.3) is 0 Å². The molecule has 0 unspecified atom stereocenters. The first-order valence-electron chi connectivity index (χ1n) is 12.6. The normalized spacial score (nSPS) is 23.3. The number of fused-ring (bicyclic) bond motifs is 6. The lowest BCUT2D eigenvalue weighted by molar-refractivity contribution is 0.135. The van der Waals surface area contributed by atoms with Crippen molar-refractivity contribution >= 4 is 5.82 Å². The van der Waals surface area contributed by atoms with Crippen LogP contribution in [-0.4, -0.2) is 85.3 Å². The second kappa shape index (κ2) is 10.8. The molecule has 1 fully saturated rings. The van der Waals surface area contributed by atoms with Crippen LogP contribution in [0.4, 0.5) is 5.82 Å². The topological polar surface area (TPSA) is 89.8 Å². The van der Waals surface area contributed by atoms with Crippen molar-refractivity contribution in [3.63, 3.8) is 0 Å². The first-order valence-corrected chi connectivity index (χ1v) is 12.6. The van der Waals surface area contributed by atoms with Crippen molar-refractivity contribution in [2.45, 2.75) is 44.4 Å². The van der Waals surface area contributed by atoms with E-state index in [1.54, 1.807) is 7.11 Å². The number of hydrogen-bond acceptors (Lipinski definition) is 9. The van der Waals surface area contributed by atoms with Crippen molar-refractivity contribution in [2.75, 3.05) is 58.4 Å². The van der Waals surface area contributed by atoms with Crippen LogP contribution in [0.3, 0.4) is 0 Å². The summed E-state index contributed by atoms with van der Waals surface area (Å²) in [4.78, 5) is 17.0. The van der Waals surface area contributed by atoms with E-state index in [2.05, 4.69) is 45.3 Å². The molecule has 0 amide bonds. The molecular weight excluding hydrogens is 442 g/mol. The van der Waals surface area contributed by atoms with Gasteiger partial charge in [0.05, 0.1) is 25.3 Å². The average molecular weight is 478 g/mol. The third-order valence-electron chi connectivity index (χ3n) is 7.40. The van der Waals surface area contributed by atoms with Gasteiger partial charge in [0, 0.05) is 50.4 Å². The maximum atomic E-state index is 9.68. The molecule has 3 aliphatic heterocycles. The SMILES string of the molecule is COc1ccc(CN2C[C@H]3CCN(C)CCOc4nc5c(c(n4)N3C[C@@H]2CC#N)CCNC5)cc1. The fourth-order valence-electron chi connectivity index (χ4n) is 5.37. The number of aromatic nitrogens is 2. The highest BCUT2D eigenvalue weighted by atomic mass is 16.5. The van der Waals surface area contributed by atoms with Gasteiger partial charge in [0.15, 0.2) is 0 Å². The number of nitrogens with one attached hydrogen (secondary N) is 1. The van der Waals surface area contributed by atoms with Gasteiger partial charge in [-0.2, -0.15) is 15.2 Å². The Morgan fingerprint density at radius 3 is 2.86 bits per heavy atom. The lowest BCUT2D eigenvalue weighted by Crippen LogP contribution is -2.59. The minimum atomic E-state index is 0.123. The van der Waals surface area contributed by atoms with Crippen LogP contribution in [0.5, 0.6) is 11.8 Å². The van der Waals surface area contributed by atoms with Gasteiger partial charge >= 0.3 is 6.01 Å². The Kier molecular flexibility index (Phi) is 7.32. The summed E-state index contributed by atoms with van der Waals surface area (Å²) in [7, 11) is 3.84. The molecule has 1 aromatic heterocycles. The molecule has 0 spiro atoms. The molecule has 1 saturated heterocycles. The number of anilines is 1. The molecule has 0 saturated carbocycles. The third kappa shape index (κ3) is 5.35. The maximum absolute atomic E-state index is 9.68. The first kappa shape index (κ1) is 23.8. The zero-order valence-corrected chi connectivity index (χ0v) is 20.7. The third-order valence-corrected chi connectivity index (χ3v) is 7.40. The largest absolute Gasteiger partial charge is 0.497 e. The molecule has 2 atom stereocenters. The van der Waals surface area contributed by atoms with E-state index in [1.165, 1.54) is 11.1 Å². The van der Waals surface area contributed by atoms with Crippen molar-refractivity contribution < 1.29 is 9.47 Å². The fraction of sp³-hybridized carbons (Fsp3) is 0.577. The molecule has 186 valence electrons. The molecule has 2 bridgehead atoms. The summed E-state index contributed by atoms with van der Waals surface area (Å²) in [5.74, 6) is 1.87. The van der Waals surface area contributed by atoms with Crippen LogP contribution >= 0.6 is 0 Å². The van der Waals surface area contributed by atoms with Gasteiger partial charge in [-0.15, -0.1) is 0 Å². The monoisotopic (exact) mass is 477 g/mol. The molecule has 4 heterocycles. The van der Waals surface area contributed by atoms with Gasteiger partial charge in [-0.05, 0) is 50.7 Å². The molecule has 35 heavy (non-hydrogen) atoms. The van der Waals surface area contributed by atoms with Gasteiger partial charge in [-0.25, -0.2) is 0 Å². The summed E-state index contributed by atoms with van der Waals surface area (Å²) in [6.07, 6.45) is 2.42. The van der Waals surface area contributed by atoms with Gasteiger partial charge < -0.3 is 24.6 Å². The molecule has 9 heteroatoms. The Hall–Kier alpha value is -2.93. The summed E-state index contributed by atoms with van der Waals surface area (Å²) >= 11 is 0. The zero-order valence-electron chi connectivity index (χ0n) is 20.7. The van der Waals surface area contributed by atoms with E-state index < -0.39 is 0 Å². The van der Waals surface area contributed by atoms with Gasteiger partial charge in [0.1, 0.15) is 18.2 Å². The van der Waals surface area contributed by atoms with E-state index in [0.717, 1.165) is 75.9 Å². The summed E-state index contributed by atoms with van der Waals surface area (Å²) in [5, 5.41) is 13.1. The predicted octanol–water partition coefficient (Wildman–Crippen LogP) is 1.82. The van der Waals surface area contributed by atoms with Crippen LogP contribution in [-0.2, 0) is 19.5 Å². The number of benzene rings is 1. The average Bonchev–Trinajstić information content (AvgIpc) is 2.90. The smallest absolute Gasteiger partial charge is 0.318 e. The minimum Gasteiger partial charge on any atom is -0.497 e. The lowest BCUT2D eigenvalue weighted by Gasteiger charge is -2.47. The van der Waals surface area contributed by atoms with Crippen LogP contribution in [0.15, 0.2) is 24.3 Å². The molecule has 1 N–H and O–H groups in total. The Bertz CT molecular complexity index is 1050. The standard InChI is InChI=1S/C26H35N7O2/c1-31-12-9-21-17-32(16-19-3-5-22(34-2)6-4-19)20(7-10-27)18-33(21)25-23-8-11-28-15-24(23)29-26(30-25)35-14-13-31/h3-6,20-21,28H,7-9,11-18H2,1-2H3/t20-,21+/m0/s1. The van der Waals surface area contributed by atoms with Crippen molar-refractivity contribution in [2.24, 2.45) is 0 Å². The molecule has 9 nitrogen and oxygen atoms in total. The lowest BCUT2D eigenvalue weighted by atomic mass is 9.98. The summed E-state index contributed by atoms with van der Waals surface area (Å²) in [6.45, 7) is 6.54. The van der Waals surface area contributed by atoms with Gasteiger partial charge in [-0.1, -0.05) is 12.1 Å².